The van der Waals surface area contributed by atoms with E-state index in [4.69, 9.17) is 0 Å². The van der Waals surface area contributed by atoms with Crippen LogP contribution in [0.15, 0.2) is 24.4 Å². The number of H-pyrrole nitrogens is 1. The van der Waals surface area contributed by atoms with Crippen LogP contribution < -0.4 is 5.32 Å². The highest BCUT2D eigenvalue weighted by molar-refractivity contribution is 7.22. The number of fused-ring (bicyclic) bond motifs is 1. The lowest BCUT2D eigenvalue weighted by atomic mass is 10.1. The summed E-state index contributed by atoms with van der Waals surface area (Å²) in [5.74, 6) is 0. The molecule has 110 valence electrons. The Morgan fingerprint density at radius 1 is 1.38 bits per heavy atom. The van der Waals surface area contributed by atoms with Crippen molar-refractivity contribution < 1.29 is 5.11 Å². The third-order valence-corrected chi connectivity index (χ3v) is 4.28. The van der Waals surface area contributed by atoms with Crippen LogP contribution in [0.5, 0.6) is 0 Å². The predicted octanol–water partition coefficient (Wildman–Crippen LogP) is 3.18. The molecule has 0 aliphatic heterocycles. The van der Waals surface area contributed by atoms with Gasteiger partial charge in [0.15, 0.2) is 0 Å². The monoisotopic (exact) mass is 302 g/mol. The van der Waals surface area contributed by atoms with Gasteiger partial charge in [-0.1, -0.05) is 0 Å². The minimum atomic E-state index is -0.757. The van der Waals surface area contributed by atoms with Gasteiger partial charge in [0.05, 0.1) is 32.1 Å². The molecule has 0 amide bonds. The molecule has 0 bridgehead atoms. The summed E-state index contributed by atoms with van der Waals surface area (Å²) in [5, 5.41) is 20.2. The Kier molecular flexibility index (Phi) is 3.43. The van der Waals surface area contributed by atoms with Gasteiger partial charge < -0.3 is 10.4 Å². The van der Waals surface area contributed by atoms with E-state index in [-0.39, 0.29) is 0 Å². The van der Waals surface area contributed by atoms with E-state index >= 15 is 0 Å². The molecule has 3 N–H and O–H groups in total. The van der Waals surface area contributed by atoms with Crippen LogP contribution in [0.3, 0.4) is 0 Å². The quantitative estimate of drug-likeness (QED) is 0.692. The summed E-state index contributed by atoms with van der Waals surface area (Å²) in [6.07, 6.45) is 1.74. The first-order valence-corrected chi connectivity index (χ1v) is 7.61. The van der Waals surface area contributed by atoms with E-state index in [1.54, 1.807) is 31.4 Å². The van der Waals surface area contributed by atoms with Crippen LogP contribution >= 0.6 is 11.3 Å². The summed E-state index contributed by atoms with van der Waals surface area (Å²) in [6.45, 7) is 6.04. The van der Waals surface area contributed by atoms with Crippen molar-refractivity contribution in [2.24, 2.45) is 0 Å². The van der Waals surface area contributed by atoms with E-state index in [9.17, 15) is 5.11 Å². The molecule has 0 aliphatic rings. The van der Waals surface area contributed by atoms with Crippen LogP contribution in [0, 0.1) is 6.92 Å². The lowest BCUT2D eigenvalue weighted by molar-refractivity contribution is 0.0945. The molecule has 0 saturated carbocycles. The Morgan fingerprint density at radius 2 is 2.19 bits per heavy atom. The molecule has 0 fully saturated rings. The van der Waals surface area contributed by atoms with Gasteiger partial charge in [0.1, 0.15) is 0 Å². The van der Waals surface area contributed by atoms with Crippen molar-refractivity contribution in [1.29, 1.82) is 0 Å². The molecule has 0 radical (unpaired) electrons. The zero-order valence-corrected chi connectivity index (χ0v) is 13.1. The van der Waals surface area contributed by atoms with Gasteiger partial charge in [-0.15, -0.1) is 11.3 Å². The van der Waals surface area contributed by atoms with Crippen LogP contribution in [0.1, 0.15) is 19.5 Å². The molecular formula is C15H18N4OS. The molecule has 0 aliphatic carbocycles. The van der Waals surface area contributed by atoms with E-state index in [2.05, 4.69) is 26.6 Å². The first-order chi connectivity index (χ1) is 9.92. The van der Waals surface area contributed by atoms with E-state index in [1.165, 1.54) is 0 Å². The van der Waals surface area contributed by atoms with Crippen molar-refractivity contribution in [1.82, 2.24) is 15.2 Å². The van der Waals surface area contributed by atoms with Gasteiger partial charge in [-0.3, -0.25) is 10.1 Å². The van der Waals surface area contributed by atoms with Crippen LogP contribution in [0.2, 0.25) is 0 Å². The molecule has 0 atom stereocenters. The fourth-order valence-corrected chi connectivity index (χ4v) is 3.19. The second-order valence-corrected chi connectivity index (χ2v) is 6.82. The minimum absolute atomic E-state index is 0.489. The van der Waals surface area contributed by atoms with Gasteiger partial charge in [0.2, 0.25) is 0 Å². The highest BCUT2D eigenvalue weighted by Crippen LogP contribution is 2.36. The number of aryl methyl sites for hydroxylation is 1. The van der Waals surface area contributed by atoms with Gasteiger partial charge in [0.25, 0.3) is 0 Å². The van der Waals surface area contributed by atoms with Crippen molar-refractivity contribution in [2.75, 3.05) is 11.9 Å². The fraction of sp³-hybridized carbons (Fsp3) is 0.333. The third kappa shape index (κ3) is 3.06. The number of aromatic amines is 1. The number of aliphatic hydroxyl groups is 1. The van der Waals surface area contributed by atoms with Gasteiger partial charge >= 0.3 is 0 Å². The fourth-order valence-electron chi connectivity index (χ4n) is 2.12. The lowest BCUT2D eigenvalue weighted by Crippen LogP contribution is -2.29. The number of anilines is 1. The highest BCUT2D eigenvalue weighted by Gasteiger charge is 2.15. The number of pyridine rings is 1. The smallest absolute Gasteiger partial charge is 0.0841 e. The van der Waals surface area contributed by atoms with E-state index < -0.39 is 5.60 Å². The first kappa shape index (κ1) is 14.0. The van der Waals surface area contributed by atoms with Crippen LogP contribution in [-0.4, -0.2) is 32.4 Å². The zero-order chi connectivity index (χ0) is 15.0. The average Bonchev–Trinajstić information content (AvgIpc) is 3.02. The molecular weight excluding hydrogens is 284 g/mol. The Balaban J connectivity index is 2.03. The Bertz CT molecular complexity index is 756. The molecule has 3 heterocycles. The summed E-state index contributed by atoms with van der Waals surface area (Å²) in [5.41, 5.74) is 3.16. The summed E-state index contributed by atoms with van der Waals surface area (Å²) >= 11 is 1.66. The van der Waals surface area contributed by atoms with Gasteiger partial charge in [0, 0.05) is 18.4 Å². The van der Waals surface area contributed by atoms with Gasteiger partial charge in [-0.2, -0.15) is 5.10 Å². The standard InChI is InChI=1S/C15H18N4OS/c1-9-6-11(16-8-15(2,3)20)14-12(18-9)7-13(21-14)10-4-5-17-19-10/h4-7,20H,8H2,1-3H3,(H,16,18)(H,17,19). The number of aromatic nitrogens is 3. The third-order valence-electron chi connectivity index (χ3n) is 3.08. The van der Waals surface area contributed by atoms with Crippen molar-refractivity contribution in [3.63, 3.8) is 0 Å². The maximum Gasteiger partial charge on any atom is 0.0841 e. The second kappa shape index (κ2) is 5.13. The van der Waals surface area contributed by atoms with E-state index in [0.717, 1.165) is 32.2 Å². The van der Waals surface area contributed by atoms with Crippen molar-refractivity contribution in [3.8, 4) is 10.6 Å². The molecule has 21 heavy (non-hydrogen) atoms. The summed E-state index contributed by atoms with van der Waals surface area (Å²) < 4.78 is 1.09. The van der Waals surface area contributed by atoms with Crippen LogP contribution in [0.4, 0.5) is 5.69 Å². The summed E-state index contributed by atoms with van der Waals surface area (Å²) in [7, 11) is 0. The van der Waals surface area contributed by atoms with Gasteiger partial charge in [-0.25, -0.2) is 0 Å². The molecule has 6 heteroatoms. The van der Waals surface area contributed by atoms with Crippen molar-refractivity contribution in [3.05, 3.63) is 30.1 Å². The Labute approximate surface area is 127 Å². The average molecular weight is 302 g/mol. The molecule has 0 unspecified atom stereocenters. The normalized spacial score (nSPS) is 12.0. The Morgan fingerprint density at radius 3 is 2.86 bits per heavy atom. The maximum atomic E-state index is 9.89. The molecule has 0 saturated heterocycles. The summed E-state index contributed by atoms with van der Waals surface area (Å²) in [4.78, 5) is 5.69. The molecule has 3 aromatic rings. The van der Waals surface area contributed by atoms with Crippen LogP contribution in [-0.2, 0) is 0 Å². The summed E-state index contributed by atoms with van der Waals surface area (Å²) in [6, 6.07) is 6.03. The van der Waals surface area contributed by atoms with Crippen molar-refractivity contribution in [2.45, 2.75) is 26.4 Å². The second-order valence-electron chi connectivity index (χ2n) is 5.77. The number of nitrogens with one attached hydrogen (secondary N) is 2. The molecule has 0 spiro atoms. The Hall–Kier alpha value is -1.92. The predicted molar refractivity (Wildman–Crippen MR) is 86.7 cm³/mol. The number of hydrogen-bond donors (Lipinski definition) is 3. The van der Waals surface area contributed by atoms with Crippen LogP contribution in [0.25, 0.3) is 20.8 Å². The number of nitrogens with zero attached hydrogens (tertiary/aromatic N) is 2. The maximum absolute atomic E-state index is 9.89. The largest absolute Gasteiger partial charge is 0.389 e. The first-order valence-electron chi connectivity index (χ1n) is 6.79. The molecule has 0 aromatic carbocycles. The number of hydrogen-bond acceptors (Lipinski definition) is 5. The zero-order valence-electron chi connectivity index (χ0n) is 12.3. The van der Waals surface area contributed by atoms with Gasteiger partial charge in [-0.05, 0) is 39.0 Å². The minimum Gasteiger partial charge on any atom is -0.389 e. The number of rotatable bonds is 4. The van der Waals surface area contributed by atoms with Crippen molar-refractivity contribution >= 4 is 27.2 Å². The molecule has 3 aromatic heterocycles. The van der Waals surface area contributed by atoms with E-state index in [1.807, 2.05) is 19.1 Å². The molecule has 5 nitrogen and oxygen atoms in total. The lowest BCUT2D eigenvalue weighted by Gasteiger charge is -2.19. The SMILES string of the molecule is Cc1cc(NCC(C)(C)O)c2sc(-c3ccn[nH]3)cc2n1. The van der Waals surface area contributed by atoms with E-state index in [0.29, 0.717) is 6.54 Å². The molecule has 3 rings (SSSR count). The topological polar surface area (TPSA) is 73.8 Å². The number of thiophene rings is 1. The highest BCUT2D eigenvalue weighted by atomic mass is 32.1.